The first-order valence-electron chi connectivity index (χ1n) is 5.50. The molecule has 9 heteroatoms. The lowest BCUT2D eigenvalue weighted by Crippen LogP contribution is -2.48. The Kier molecular flexibility index (Phi) is 5.29. The van der Waals surface area contributed by atoms with E-state index in [1.807, 2.05) is 4.90 Å². The van der Waals surface area contributed by atoms with Gasteiger partial charge in [-0.2, -0.15) is 8.42 Å². The van der Waals surface area contributed by atoms with Gasteiger partial charge in [0.2, 0.25) is 6.36 Å². The molecular weight excluding hydrogens is 267 g/mol. The van der Waals surface area contributed by atoms with Gasteiger partial charge >= 0.3 is 6.09 Å². The number of carboxylic acid groups (broad SMARTS) is 1. The van der Waals surface area contributed by atoms with E-state index in [0.29, 0.717) is 32.7 Å². The molecule has 0 bridgehead atoms. The van der Waals surface area contributed by atoms with Crippen LogP contribution in [0, 0.1) is 0 Å². The maximum atomic E-state index is 13.1. The molecule has 0 radical (unpaired) electrons. The first-order valence-corrected chi connectivity index (χ1v) is 7.32. The average molecular weight is 284 g/mol. The lowest BCUT2D eigenvalue weighted by atomic mass is 10.3. The van der Waals surface area contributed by atoms with Gasteiger partial charge in [0.05, 0.1) is 6.26 Å². The van der Waals surface area contributed by atoms with Crippen LogP contribution >= 0.6 is 0 Å². The predicted molar refractivity (Wildman–Crippen MR) is 61.5 cm³/mol. The summed E-state index contributed by atoms with van der Waals surface area (Å²) in [6.07, 6.45) is -2.07. The third-order valence-electron chi connectivity index (χ3n) is 2.59. The summed E-state index contributed by atoms with van der Waals surface area (Å²) in [6, 6.07) is 0. The van der Waals surface area contributed by atoms with E-state index in [9.17, 15) is 17.6 Å². The lowest BCUT2D eigenvalue weighted by Gasteiger charge is -2.33. The van der Waals surface area contributed by atoms with Crippen molar-refractivity contribution in [3.8, 4) is 0 Å². The van der Waals surface area contributed by atoms with Crippen molar-refractivity contribution in [1.82, 2.24) is 9.80 Å². The van der Waals surface area contributed by atoms with Gasteiger partial charge < -0.3 is 10.0 Å². The summed E-state index contributed by atoms with van der Waals surface area (Å²) in [5.41, 5.74) is 0. The Labute approximate surface area is 105 Å². The van der Waals surface area contributed by atoms with Crippen molar-refractivity contribution in [2.45, 2.75) is 12.8 Å². The van der Waals surface area contributed by atoms with E-state index in [1.54, 1.807) is 0 Å². The second kappa shape index (κ2) is 6.30. The minimum absolute atomic E-state index is 0.0554. The number of halogens is 1. The summed E-state index contributed by atoms with van der Waals surface area (Å²) in [4.78, 5) is 13.8. The molecule has 1 heterocycles. The third kappa shape index (κ3) is 5.61. The monoisotopic (exact) mass is 284 g/mol. The van der Waals surface area contributed by atoms with E-state index >= 15 is 0 Å². The van der Waals surface area contributed by atoms with Gasteiger partial charge in [0, 0.05) is 39.1 Å². The van der Waals surface area contributed by atoms with Crippen molar-refractivity contribution in [2.75, 3.05) is 39.0 Å². The zero-order valence-corrected chi connectivity index (χ0v) is 10.9. The number of rotatable bonds is 5. The van der Waals surface area contributed by atoms with Crippen LogP contribution in [0.1, 0.15) is 6.42 Å². The number of carbonyl (C=O) groups is 1. The van der Waals surface area contributed by atoms with Crippen molar-refractivity contribution < 1.29 is 26.9 Å². The predicted octanol–water partition coefficient (Wildman–Crippen LogP) is -0.0561. The molecule has 1 saturated heterocycles. The molecule has 0 aromatic heterocycles. The molecule has 1 atom stereocenters. The Morgan fingerprint density at radius 3 is 2.39 bits per heavy atom. The molecule has 1 aliphatic heterocycles. The quantitative estimate of drug-likeness (QED) is 0.712. The van der Waals surface area contributed by atoms with E-state index in [4.69, 9.17) is 5.11 Å². The van der Waals surface area contributed by atoms with E-state index in [2.05, 4.69) is 4.18 Å². The van der Waals surface area contributed by atoms with E-state index < -0.39 is 22.6 Å². The van der Waals surface area contributed by atoms with Crippen LogP contribution in [0.3, 0.4) is 0 Å². The van der Waals surface area contributed by atoms with Gasteiger partial charge in [-0.25, -0.2) is 13.4 Å². The Morgan fingerprint density at radius 1 is 1.39 bits per heavy atom. The topological polar surface area (TPSA) is 87.2 Å². The molecule has 0 spiro atoms. The van der Waals surface area contributed by atoms with Gasteiger partial charge in [-0.15, -0.1) is 0 Å². The minimum Gasteiger partial charge on any atom is -0.465 e. The average Bonchev–Trinajstić information content (AvgIpc) is 2.24. The number of nitrogens with zero attached hydrogens (tertiary/aromatic N) is 2. The zero-order chi connectivity index (χ0) is 13.8. The molecule has 1 amide bonds. The number of alkyl halides is 1. The largest absolute Gasteiger partial charge is 0.465 e. The molecule has 0 aliphatic carbocycles. The van der Waals surface area contributed by atoms with Gasteiger partial charge in [-0.05, 0) is 0 Å². The maximum Gasteiger partial charge on any atom is 0.407 e. The molecule has 1 unspecified atom stereocenters. The molecule has 18 heavy (non-hydrogen) atoms. The van der Waals surface area contributed by atoms with Crippen molar-refractivity contribution in [3.05, 3.63) is 0 Å². The first kappa shape index (κ1) is 15.1. The van der Waals surface area contributed by atoms with Crippen LogP contribution in [0.15, 0.2) is 0 Å². The summed E-state index contributed by atoms with van der Waals surface area (Å²) in [6.45, 7) is 2.11. The summed E-state index contributed by atoms with van der Waals surface area (Å²) < 4.78 is 38.6. The maximum absolute atomic E-state index is 13.1. The normalized spacial score (nSPS) is 19.8. The van der Waals surface area contributed by atoms with Crippen LogP contribution in [-0.4, -0.2) is 74.8 Å². The second-order valence-corrected chi connectivity index (χ2v) is 5.71. The van der Waals surface area contributed by atoms with Crippen LogP contribution in [0.25, 0.3) is 0 Å². The van der Waals surface area contributed by atoms with E-state index in [1.165, 1.54) is 4.90 Å². The fraction of sp³-hybridized carbons (Fsp3) is 0.889. The van der Waals surface area contributed by atoms with Crippen molar-refractivity contribution >= 4 is 16.2 Å². The highest BCUT2D eigenvalue weighted by Crippen LogP contribution is 2.08. The van der Waals surface area contributed by atoms with Crippen molar-refractivity contribution in [2.24, 2.45) is 0 Å². The molecule has 0 aromatic carbocycles. The van der Waals surface area contributed by atoms with Crippen molar-refractivity contribution in [1.29, 1.82) is 0 Å². The van der Waals surface area contributed by atoms with Gasteiger partial charge in [0.1, 0.15) is 0 Å². The minimum atomic E-state index is -3.78. The summed E-state index contributed by atoms with van der Waals surface area (Å²) in [5.74, 6) is 0. The fourth-order valence-corrected chi connectivity index (χ4v) is 2.16. The Morgan fingerprint density at radius 2 is 1.94 bits per heavy atom. The number of hydrogen-bond donors (Lipinski definition) is 1. The molecule has 7 nitrogen and oxygen atoms in total. The first-order chi connectivity index (χ1) is 8.28. The number of piperazine rings is 1. The fourth-order valence-electron chi connectivity index (χ4n) is 1.68. The molecular formula is C9H17FN2O5S. The molecule has 1 aliphatic rings. The van der Waals surface area contributed by atoms with E-state index in [-0.39, 0.29) is 6.42 Å². The van der Waals surface area contributed by atoms with E-state index in [0.717, 1.165) is 6.26 Å². The Bertz CT molecular complexity index is 380. The molecule has 1 rings (SSSR count). The summed E-state index contributed by atoms with van der Waals surface area (Å²) in [5, 5.41) is 8.73. The highest BCUT2D eigenvalue weighted by molar-refractivity contribution is 7.86. The molecule has 0 aromatic rings. The van der Waals surface area contributed by atoms with Crippen LogP contribution in [0.2, 0.25) is 0 Å². The summed E-state index contributed by atoms with van der Waals surface area (Å²) >= 11 is 0. The number of amides is 1. The second-order valence-electron chi connectivity index (χ2n) is 4.11. The standard InChI is InChI=1S/C9H17FN2O5S/c1-18(15,16)17-8(10)2-3-11-4-6-12(7-5-11)9(13)14/h8H,2-7H2,1H3,(H,13,14). The van der Waals surface area contributed by atoms with Crippen LogP contribution in [0.5, 0.6) is 0 Å². The van der Waals surface area contributed by atoms with Crippen LogP contribution in [0.4, 0.5) is 9.18 Å². The Balaban J connectivity index is 2.24. The molecule has 1 fully saturated rings. The van der Waals surface area contributed by atoms with Crippen LogP contribution < -0.4 is 0 Å². The third-order valence-corrected chi connectivity index (χ3v) is 3.15. The Hall–Kier alpha value is -0.930. The highest BCUT2D eigenvalue weighted by Gasteiger charge is 2.21. The molecule has 106 valence electrons. The van der Waals surface area contributed by atoms with Crippen LogP contribution in [-0.2, 0) is 14.3 Å². The van der Waals surface area contributed by atoms with Gasteiger partial charge in [0.25, 0.3) is 10.1 Å². The smallest absolute Gasteiger partial charge is 0.407 e. The lowest BCUT2D eigenvalue weighted by molar-refractivity contribution is 0.0463. The van der Waals surface area contributed by atoms with Crippen molar-refractivity contribution in [3.63, 3.8) is 0 Å². The highest BCUT2D eigenvalue weighted by atomic mass is 32.2. The zero-order valence-electron chi connectivity index (χ0n) is 10.1. The number of hydrogen-bond acceptors (Lipinski definition) is 5. The summed E-state index contributed by atoms with van der Waals surface area (Å²) in [7, 11) is -3.78. The van der Waals surface area contributed by atoms with Gasteiger partial charge in [-0.3, -0.25) is 4.90 Å². The van der Waals surface area contributed by atoms with Gasteiger partial charge in [-0.1, -0.05) is 0 Å². The molecule has 1 N–H and O–H groups in total. The SMILES string of the molecule is CS(=O)(=O)OC(F)CCN1CCN(C(=O)O)CC1. The molecule has 0 saturated carbocycles. The van der Waals surface area contributed by atoms with Gasteiger partial charge in [0.15, 0.2) is 0 Å².